The van der Waals surface area contributed by atoms with Crippen LogP contribution in [-0.2, 0) is 28.1 Å². The Labute approximate surface area is 150 Å². The van der Waals surface area contributed by atoms with Crippen LogP contribution in [0.2, 0.25) is 0 Å². The minimum atomic E-state index is 0. The van der Waals surface area contributed by atoms with Crippen molar-refractivity contribution in [3.05, 3.63) is 51.8 Å². The van der Waals surface area contributed by atoms with Gasteiger partial charge in [-0.3, -0.25) is 0 Å². The zero-order chi connectivity index (χ0) is 12.6. The smallest absolute Gasteiger partial charge is 1.00 e. The van der Waals surface area contributed by atoms with Crippen LogP contribution in [0.15, 0.2) is 12.3 Å². The number of rotatable bonds is 0. The molecule has 0 fully saturated rings. The van der Waals surface area contributed by atoms with Gasteiger partial charge in [0.2, 0.25) is 0 Å². The summed E-state index contributed by atoms with van der Waals surface area (Å²) in [5.41, 5.74) is 9.09. The Balaban J connectivity index is 0. The number of aromatic nitrogens is 1. The molecule has 0 radical (unpaired) electrons. The summed E-state index contributed by atoms with van der Waals surface area (Å²) >= 11 is 0. The molecule has 20 heavy (non-hydrogen) atoms. The molecule has 0 saturated carbocycles. The molecule has 0 bridgehead atoms. The first kappa shape index (κ1) is 22.2. The molecule has 1 heterocycles. The molecule has 1 N–H and O–H groups in total. The molecule has 1 aliphatic rings. The van der Waals surface area contributed by atoms with Gasteiger partial charge in [-0.1, -0.05) is 47.0 Å². The van der Waals surface area contributed by atoms with Gasteiger partial charge in [0.05, 0.1) is 0 Å². The molecule has 4 heteroatoms. The molecule has 1 aromatic heterocycles. The zero-order valence-electron chi connectivity index (χ0n) is 12.7. The first-order valence-corrected chi connectivity index (χ1v) is 6.29. The van der Waals surface area contributed by atoms with Gasteiger partial charge in [0.15, 0.2) is 0 Å². The fourth-order valence-corrected chi connectivity index (χ4v) is 2.71. The van der Waals surface area contributed by atoms with Gasteiger partial charge in [-0.05, 0) is 0 Å². The maximum Gasteiger partial charge on any atom is 4.00 e. The Kier molecular flexibility index (Phi) is 10.0. The molecule has 1 aliphatic carbocycles. The quantitative estimate of drug-likeness (QED) is 0.425. The van der Waals surface area contributed by atoms with E-state index >= 15 is 0 Å². The van der Waals surface area contributed by atoms with E-state index in [2.05, 4.69) is 38.9 Å². The van der Waals surface area contributed by atoms with Crippen molar-refractivity contribution in [2.75, 3.05) is 0 Å². The Hall–Kier alpha value is -0.0757. The van der Waals surface area contributed by atoms with Crippen molar-refractivity contribution in [3.63, 3.8) is 0 Å². The molecule has 1 nitrogen and oxygen atoms in total. The van der Waals surface area contributed by atoms with Crippen LogP contribution < -0.4 is 24.8 Å². The van der Waals surface area contributed by atoms with Gasteiger partial charge in [0.25, 0.3) is 0 Å². The molecule has 0 amide bonds. The monoisotopic (exact) mass is 345 g/mol. The van der Waals surface area contributed by atoms with Crippen molar-refractivity contribution in [2.24, 2.45) is 0 Å². The summed E-state index contributed by atoms with van der Waals surface area (Å²) in [6, 6.07) is 1.97. The number of halogens is 2. The zero-order valence-corrected chi connectivity index (χ0v) is 15.8. The second-order valence-corrected chi connectivity index (χ2v) is 5.16. The summed E-state index contributed by atoms with van der Waals surface area (Å²) in [7, 11) is 0. The predicted octanol–water partition coefficient (Wildman–Crippen LogP) is -1.88. The van der Waals surface area contributed by atoms with Crippen LogP contribution in [0.25, 0.3) is 0 Å². The summed E-state index contributed by atoms with van der Waals surface area (Å²) in [4.78, 5) is 2.80. The summed E-state index contributed by atoms with van der Waals surface area (Å²) in [5, 5.41) is 0. The summed E-state index contributed by atoms with van der Waals surface area (Å²) in [6.45, 7) is 11.1. The predicted molar refractivity (Wildman–Crippen MR) is 72.7 cm³/mol. The Morgan fingerprint density at radius 2 is 1.75 bits per heavy atom. The van der Waals surface area contributed by atoms with Crippen LogP contribution >= 0.6 is 0 Å². The molecule has 1 atom stereocenters. The summed E-state index contributed by atoms with van der Waals surface area (Å²) in [6.07, 6.45) is 6.05. The number of H-pyrrole nitrogens is 1. The molecular formula is C16H21Cl2NTi. The van der Waals surface area contributed by atoms with E-state index in [0.717, 1.165) is 11.5 Å². The van der Waals surface area contributed by atoms with Crippen molar-refractivity contribution >= 4 is 0 Å². The van der Waals surface area contributed by atoms with Crippen molar-refractivity contribution in [3.8, 4) is 0 Å². The van der Waals surface area contributed by atoms with Crippen LogP contribution in [0, 0.1) is 33.9 Å². The average molecular weight is 346 g/mol. The van der Waals surface area contributed by atoms with E-state index in [9.17, 15) is 0 Å². The molecule has 3 rings (SSSR count). The number of hydrogen-bond donors (Lipinski definition) is 1. The summed E-state index contributed by atoms with van der Waals surface area (Å²) < 4.78 is 0. The number of aryl methyl sites for hydroxylation is 1. The number of fused-ring (bicyclic) bond motifs is 1. The molecule has 2 aromatic rings. The van der Waals surface area contributed by atoms with Gasteiger partial charge in [0, 0.05) is 0 Å². The molecule has 0 spiro atoms. The maximum atomic E-state index is 2.88. The van der Waals surface area contributed by atoms with Crippen molar-refractivity contribution in [1.82, 2.24) is 4.98 Å². The van der Waals surface area contributed by atoms with E-state index in [0.29, 0.717) is 0 Å². The largest absolute Gasteiger partial charge is 4.00 e. The third-order valence-corrected chi connectivity index (χ3v) is 4.00. The Bertz CT molecular complexity index is 496. The minimum absolute atomic E-state index is 0. The van der Waals surface area contributed by atoms with E-state index in [4.69, 9.17) is 0 Å². The van der Waals surface area contributed by atoms with Crippen LogP contribution in [0.3, 0.4) is 0 Å². The molecule has 108 valence electrons. The average Bonchev–Trinajstić information content (AvgIpc) is 2.80. The first-order valence-electron chi connectivity index (χ1n) is 6.29. The molecule has 1 unspecified atom stereocenters. The van der Waals surface area contributed by atoms with Crippen LogP contribution in [0.4, 0.5) is 0 Å². The molecule has 0 aliphatic heterocycles. The third-order valence-electron chi connectivity index (χ3n) is 4.00. The summed E-state index contributed by atoms with van der Waals surface area (Å²) in [5.74, 6) is 0.831. The van der Waals surface area contributed by atoms with E-state index in [1.165, 1.54) is 12.0 Å². The van der Waals surface area contributed by atoms with Gasteiger partial charge in [-0.25, -0.2) is 0 Å². The second kappa shape index (κ2) is 9.05. The minimum Gasteiger partial charge on any atom is -1.00 e. The SMILES string of the molecule is Cc1[c-][nH]cc1.Cc1c(C)c2[c-](c1C)C(C)C2.[Cl-].[Cl-].[Ti+4]. The van der Waals surface area contributed by atoms with Crippen LogP contribution in [-0.4, -0.2) is 4.98 Å². The standard InChI is InChI=1S/C11H15.C5H6N.2ClH.Ti/c1-6-5-10-8(3)7(2)9(4)11(6)10;1-5-2-3-6-4-5;;;/h6H,5H2,1-4H3;2-3,6H,1H3;2*1H;/q2*-1;;;+4/p-2. The van der Waals surface area contributed by atoms with Gasteiger partial charge >= 0.3 is 21.7 Å². The Morgan fingerprint density at radius 3 is 2.00 bits per heavy atom. The van der Waals surface area contributed by atoms with Crippen LogP contribution in [0.1, 0.15) is 46.2 Å². The third kappa shape index (κ3) is 4.21. The number of nitrogens with one attached hydrogen (secondary N) is 1. The molecule has 1 aromatic carbocycles. The van der Waals surface area contributed by atoms with Crippen molar-refractivity contribution in [1.29, 1.82) is 0 Å². The van der Waals surface area contributed by atoms with E-state index < -0.39 is 0 Å². The topological polar surface area (TPSA) is 15.8 Å². The molecular weight excluding hydrogens is 325 g/mol. The number of aromatic amines is 1. The fraction of sp³-hybridized carbons (Fsp3) is 0.438. The fourth-order valence-electron chi connectivity index (χ4n) is 2.71. The van der Waals surface area contributed by atoms with Gasteiger partial charge in [-0.15, -0.1) is 11.8 Å². The second-order valence-electron chi connectivity index (χ2n) is 5.16. The number of hydrogen-bond acceptors (Lipinski definition) is 0. The normalized spacial score (nSPS) is 14.3. The van der Waals surface area contributed by atoms with E-state index in [-0.39, 0.29) is 46.5 Å². The van der Waals surface area contributed by atoms with Gasteiger partial charge in [-0.2, -0.15) is 40.1 Å². The first-order chi connectivity index (χ1) is 8.02. The van der Waals surface area contributed by atoms with Crippen molar-refractivity contribution < 1.29 is 46.5 Å². The maximum absolute atomic E-state index is 2.88. The van der Waals surface area contributed by atoms with E-state index in [1.807, 2.05) is 19.2 Å². The Morgan fingerprint density at radius 1 is 1.15 bits per heavy atom. The van der Waals surface area contributed by atoms with Crippen molar-refractivity contribution in [2.45, 2.75) is 47.0 Å². The molecule has 0 saturated heterocycles. The van der Waals surface area contributed by atoms with Gasteiger partial charge < -0.3 is 29.8 Å². The van der Waals surface area contributed by atoms with Gasteiger partial charge in [0.1, 0.15) is 0 Å². The van der Waals surface area contributed by atoms with E-state index in [1.54, 1.807) is 22.3 Å². The van der Waals surface area contributed by atoms with Crippen LogP contribution in [0.5, 0.6) is 0 Å².